The average molecular weight is 363 g/mol. The predicted molar refractivity (Wildman–Crippen MR) is 106 cm³/mol. The van der Waals surface area contributed by atoms with Crippen molar-refractivity contribution in [2.75, 3.05) is 0 Å². The van der Waals surface area contributed by atoms with Crippen molar-refractivity contribution in [2.24, 2.45) is 0 Å². The van der Waals surface area contributed by atoms with Gasteiger partial charge in [-0.25, -0.2) is 0 Å². The van der Waals surface area contributed by atoms with Gasteiger partial charge in [0, 0.05) is 18.5 Å². The van der Waals surface area contributed by atoms with E-state index < -0.39 is 0 Å². The Bertz CT molecular complexity index is 875. The van der Waals surface area contributed by atoms with E-state index in [0.717, 1.165) is 11.0 Å². The normalized spacial score (nSPS) is 11.9. The number of Topliss-reactive ketones (excluding diaryl/α,β-unsaturated/α-hetero) is 1. The quantitative estimate of drug-likeness (QED) is 0.338. The summed E-state index contributed by atoms with van der Waals surface area (Å²) in [6.07, 6.45) is 2.52. The topological polar surface area (TPSA) is 47.8 Å². The molecular weight excluding hydrogens is 342 g/mol. The molecule has 0 fully saturated rings. The van der Waals surface area contributed by atoms with Crippen LogP contribution in [-0.4, -0.2) is 25.8 Å². The van der Waals surface area contributed by atoms with E-state index >= 15 is 0 Å². The number of benzene rings is 2. The molecule has 0 saturated heterocycles. The van der Waals surface area contributed by atoms with Crippen LogP contribution in [0.4, 0.5) is 0 Å². The van der Waals surface area contributed by atoms with Crippen molar-refractivity contribution in [3.63, 3.8) is 0 Å². The first-order chi connectivity index (χ1) is 12.7. The highest BCUT2D eigenvalue weighted by atomic mass is 32.2. The summed E-state index contributed by atoms with van der Waals surface area (Å²) in [6, 6.07) is 19.5. The fraction of sp³-hybridized carbons (Fsp3) is 0.190. The minimum Gasteiger partial charge on any atom is -0.302 e. The molecule has 0 saturated carbocycles. The van der Waals surface area contributed by atoms with Gasteiger partial charge < -0.3 is 4.57 Å². The van der Waals surface area contributed by atoms with Gasteiger partial charge in [-0.05, 0) is 12.5 Å². The summed E-state index contributed by atoms with van der Waals surface area (Å²) in [7, 11) is 0. The summed E-state index contributed by atoms with van der Waals surface area (Å²) >= 11 is 1.44. The van der Waals surface area contributed by atoms with Gasteiger partial charge in [-0.3, -0.25) is 4.79 Å². The molecule has 1 unspecified atom stereocenters. The van der Waals surface area contributed by atoms with Gasteiger partial charge in [0.05, 0.1) is 5.25 Å². The number of thioether (sulfide) groups is 1. The minimum atomic E-state index is -0.241. The maximum absolute atomic E-state index is 12.6. The lowest BCUT2D eigenvalue weighted by molar-refractivity contribution is 0.0994. The molecule has 1 atom stereocenters. The number of nitrogens with zero attached hydrogens (tertiary/aromatic N) is 3. The van der Waals surface area contributed by atoms with Crippen LogP contribution in [0.2, 0.25) is 0 Å². The van der Waals surface area contributed by atoms with Crippen LogP contribution in [0, 0.1) is 0 Å². The van der Waals surface area contributed by atoms with E-state index in [-0.39, 0.29) is 11.0 Å². The summed E-state index contributed by atoms with van der Waals surface area (Å²) < 4.78 is 2.03. The molecule has 0 spiro atoms. The van der Waals surface area contributed by atoms with Crippen LogP contribution in [0.5, 0.6) is 0 Å². The van der Waals surface area contributed by atoms with Gasteiger partial charge in [0.25, 0.3) is 0 Å². The number of carbonyl (C=O) groups excluding carboxylic acids is 1. The van der Waals surface area contributed by atoms with E-state index in [0.29, 0.717) is 18.5 Å². The highest BCUT2D eigenvalue weighted by Crippen LogP contribution is 2.25. The second kappa shape index (κ2) is 8.63. The largest absolute Gasteiger partial charge is 0.302 e. The van der Waals surface area contributed by atoms with Crippen LogP contribution in [0.1, 0.15) is 28.7 Å². The molecule has 1 aromatic heterocycles. The van der Waals surface area contributed by atoms with Gasteiger partial charge in [-0.2, -0.15) is 0 Å². The van der Waals surface area contributed by atoms with E-state index in [1.54, 1.807) is 0 Å². The first-order valence-corrected chi connectivity index (χ1v) is 9.40. The van der Waals surface area contributed by atoms with E-state index in [2.05, 4.69) is 28.9 Å². The third-order valence-electron chi connectivity index (χ3n) is 4.02. The van der Waals surface area contributed by atoms with Gasteiger partial charge in [0.2, 0.25) is 0 Å². The molecule has 0 amide bonds. The summed E-state index contributed by atoms with van der Waals surface area (Å²) in [6.45, 7) is 6.36. The molecule has 0 radical (unpaired) electrons. The smallest absolute Gasteiger partial charge is 0.192 e. The summed E-state index contributed by atoms with van der Waals surface area (Å²) in [5.41, 5.74) is 1.89. The molecule has 132 valence electrons. The number of rotatable bonds is 8. The Balaban J connectivity index is 1.79. The average Bonchev–Trinajstić information content (AvgIpc) is 3.04. The Morgan fingerprint density at radius 1 is 1.12 bits per heavy atom. The standard InChI is InChI=1S/C21H21N3OS/c1-3-14-24-19(15-17-10-6-4-7-11-17)22-23-21(24)26-16(2)20(25)18-12-8-5-9-13-18/h3-13,16H,1,14-15H2,2H3. The summed E-state index contributed by atoms with van der Waals surface area (Å²) in [5.74, 6) is 0.964. The lowest BCUT2D eigenvalue weighted by atomic mass is 10.1. The predicted octanol–water partition coefficient (Wildman–Crippen LogP) is 4.42. The molecule has 3 aromatic rings. The Morgan fingerprint density at radius 2 is 1.77 bits per heavy atom. The summed E-state index contributed by atoms with van der Waals surface area (Å²) in [4.78, 5) is 12.6. The number of hydrogen-bond donors (Lipinski definition) is 0. The lowest BCUT2D eigenvalue weighted by Gasteiger charge is -2.12. The number of hydrogen-bond acceptors (Lipinski definition) is 4. The van der Waals surface area contributed by atoms with Crippen LogP contribution >= 0.6 is 11.8 Å². The van der Waals surface area contributed by atoms with E-state index in [1.807, 2.05) is 66.1 Å². The zero-order valence-electron chi connectivity index (χ0n) is 14.7. The van der Waals surface area contributed by atoms with Crippen LogP contribution in [-0.2, 0) is 13.0 Å². The van der Waals surface area contributed by atoms with Crippen LogP contribution < -0.4 is 0 Å². The number of aromatic nitrogens is 3. The Hall–Kier alpha value is -2.66. The van der Waals surface area contributed by atoms with Gasteiger partial charge in [0.15, 0.2) is 10.9 Å². The van der Waals surface area contributed by atoms with Gasteiger partial charge in [-0.15, -0.1) is 16.8 Å². The van der Waals surface area contributed by atoms with Gasteiger partial charge in [0.1, 0.15) is 5.82 Å². The Labute approximate surface area is 158 Å². The molecule has 0 aliphatic rings. The minimum absolute atomic E-state index is 0.0911. The molecule has 26 heavy (non-hydrogen) atoms. The molecule has 2 aromatic carbocycles. The molecule has 0 aliphatic heterocycles. The summed E-state index contributed by atoms with van der Waals surface area (Å²) in [5, 5.41) is 9.17. The van der Waals surface area contributed by atoms with Gasteiger partial charge in [-0.1, -0.05) is 78.5 Å². The van der Waals surface area contributed by atoms with Crippen molar-refractivity contribution in [1.29, 1.82) is 0 Å². The number of carbonyl (C=O) groups is 1. The molecule has 3 rings (SSSR count). The lowest BCUT2D eigenvalue weighted by Crippen LogP contribution is -2.15. The maximum Gasteiger partial charge on any atom is 0.192 e. The van der Waals surface area contributed by atoms with Crippen molar-refractivity contribution < 1.29 is 4.79 Å². The molecule has 1 heterocycles. The first-order valence-electron chi connectivity index (χ1n) is 8.52. The van der Waals surface area contributed by atoms with Crippen LogP contribution in [0.3, 0.4) is 0 Å². The van der Waals surface area contributed by atoms with Crippen molar-refractivity contribution in [2.45, 2.75) is 30.3 Å². The third-order valence-corrected chi connectivity index (χ3v) is 5.10. The SMILES string of the molecule is C=CCn1c(Cc2ccccc2)nnc1SC(C)C(=O)c1ccccc1. The molecule has 0 N–H and O–H groups in total. The van der Waals surface area contributed by atoms with Crippen molar-refractivity contribution in [1.82, 2.24) is 14.8 Å². The van der Waals surface area contributed by atoms with E-state index in [1.165, 1.54) is 17.3 Å². The second-order valence-corrected chi connectivity index (χ2v) is 7.26. The highest BCUT2D eigenvalue weighted by molar-refractivity contribution is 8.00. The third kappa shape index (κ3) is 4.29. The zero-order valence-corrected chi connectivity index (χ0v) is 15.5. The molecular formula is C21H21N3OS. The highest BCUT2D eigenvalue weighted by Gasteiger charge is 2.20. The fourth-order valence-corrected chi connectivity index (χ4v) is 3.63. The Morgan fingerprint density at radius 3 is 2.42 bits per heavy atom. The van der Waals surface area contributed by atoms with Crippen molar-refractivity contribution >= 4 is 17.5 Å². The van der Waals surface area contributed by atoms with Crippen molar-refractivity contribution in [3.8, 4) is 0 Å². The van der Waals surface area contributed by atoms with Crippen molar-refractivity contribution in [3.05, 3.63) is 90.3 Å². The van der Waals surface area contributed by atoms with Crippen LogP contribution in [0.25, 0.3) is 0 Å². The maximum atomic E-state index is 12.6. The van der Waals surface area contributed by atoms with E-state index in [4.69, 9.17) is 0 Å². The zero-order chi connectivity index (χ0) is 18.4. The first kappa shape index (κ1) is 18.1. The van der Waals surface area contributed by atoms with E-state index in [9.17, 15) is 4.79 Å². The number of allylic oxidation sites excluding steroid dienone is 1. The molecule has 0 aliphatic carbocycles. The molecule has 4 nitrogen and oxygen atoms in total. The Kier molecular flexibility index (Phi) is 6.02. The molecule has 5 heteroatoms. The number of ketones is 1. The second-order valence-electron chi connectivity index (χ2n) is 5.95. The monoisotopic (exact) mass is 363 g/mol. The fourth-order valence-electron chi connectivity index (χ4n) is 2.68. The van der Waals surface area contributed by atoms with Crippen LogP contribution in [0.15, 0.2) is 78.5 Å². The molecule has 0 bridgehead atoms. The van der Waals surface area contributed by atoms with Gasteiger partial charge >= 0.3 is 0 Å².